The molecule has 0 fully saturated rings. The van der Waals surface area contributed by atoms with Gasteiger partial charge < -0.3 is 11.1 Å². The zero-order valence-corrected chi connectivity index (χ0v) is 8.98. The van der Waals surface area contributed by atoms with Crippen LogP contribution in [-0.2, 0) is 0 Å². The highest BCUT2D eigenvalue weighted by atomic mass is 19.1. The Hall–Kier alpha value is -2.36. The second-order valence-electron chi connectivity index (χ2n) is 3.58. The Morgan fingerprint density at radius 1 is 1.06 bits per heavy atom. The predicted molar refractivity (Wildman–Crippen MR) is 65.0 cm³/mol. The van der Waals surface area contributed by atoms with Crippen molar-refractivity contribution >= 4 is 11.7 Å². The highest BCUT2D eigenvalue weighted by molar-refractivity contribution is 5.88. The molecule has 0 aliphatic rings. The number of benzene rings is 2. The molecule has 0 saturated heterocycles. The van der Waals surface area contributed by atoms with E-state index in [0.717, 1.165) is 11.1 Å². The number of urea groups is 1. The van der Waals surface area contributed by atoms with Crippen LogP contribution >= 0.6 is 0 Å². The minimum absolute atomic E-state index is 0.278. The summed E-state index contributed by atoms with van der Waals surface area (Å²) in [6, 6.07) is 12.7. The fourth-order valence-corrected chi connectivity index (χ4v) is 1.56. The molecule has 0 spiro atoms. The minimum Gasteiger partial charge on any atom is -0.351 e. The summed E-state index contributed by atoms with van der Waals surface area (Å²) in [6.07, 6.45) is 0. The first-order valence-corrected chi connectivity index (χ1v) is 5.07. The topological polar surface area (TPSA) is 55.1 Å². The van der Waals surface area contributed by atoms with Crippen LogP contribution in [0, 0.1) is 5.82 Å². The number of carbonyl (C=O) groups excluding carboxylic acids is 1. The van der Waals surface area contributed by atoms with Gasteiger partial charge in [-0.15, -0.1) is 0 Å². The van der Waals surface area contributed by atoms with Crippen molar-refractivity contribution in [1.29, 1.82) is 0 Å². The van der Waals surface area contributed by atoms with Crippen molar-refractivity contribution < 1.29 is 9.18 Å². The molecule has 2 amide bonds. The molecule has 4 heteroatoms. The number of halogens is 1. The molecule has 2 aromatic carbocycles. The maximum atomic E-state index is 12.8. The van der Waals surface area contributed by atoms with Gasteiger partial charge in [-0.2, -0.15) is 0 Å². The van der Waals surface area contributed by atoms with E-state index in [2.05, 4.69) is 5.32 Å². The number of anilines is 1. The van der Waals surface area contributed by atoms with E-state index >= 15 is 0 Å². The molecule has 2 aromatic rings. The first-order valence-electron chi connectivity index (χ1n) is 5.07. The summed E-state index contributed by atoms with van der Waals surface area (Å²) in [7, 11) is 0. The average molecular weight is 230 g/mol. The molecule has 0 aliphatic heterocycles. The molecule has 0 radical (unpaired) electrons. The smallest absolute Gasteiger partial charge is 0.316 e. The molecule has 0 bridgehead atoms. The van der Waals surface area contributed by atoms with Crippen LogP contribution in [-0.4, -0.2) is 6.03 Å². The first kappa shape index (κ1) is 11.1. The van der Waals surface area contributed by atoms with Crippen LogP contribution in [0.25, 0.3) is 11.1 Å². The highest BCUT2D eigenvalue weighted by Gasteiger charge is 2.01. The van der Waals surface area contributed by atoms with Gasteiger partial charge in [0.1, 0.15) is 5.82 Å². The standard InChI is InChI=1S/C13H11FN2O/c14-11-6-4-9(5-7-11)10-2-1-3-12(8-10)16-13(15)17/h1-8H,(H3,15,16,17). The normalized spacial score (nSPS) is 9.94. The number of hydrogen-bond donors (Lipinski definition) is 2. The second-order valence-corrected chi connectivity index (χ2v) is 3.58. The molecular formula is C13H11FN2O. The third-order valence-corrected chi connectivity index (χ3v) is 2.31. The number of nitrogens with two attached hydrogens (primary N) is 1. The van der Waals surface area contributed by atoms with Crippen LogP contribution in [0.3, 0.4) is 0 Å². The Balaban J connectivity index is 2.32. The van der Waals surface area contributed by atoms with E-state index in [4.69, 9.17) is 5.73 Å². The Morgan fingerprint density at radius 3 is 2.41 bits per heavy atom. The van der Waals surface area contributed by atoms with E-state index < -0.39 is 6.03 Å². The van der Waals surface area contributed by atoms with Crippen molar-refractivity contribution in [2.75, 3.05) is 5.32 Å². The van der Waals surface area contributed by atoms with E-state index in [1.807, 2.05) is 6.07 Å². The fraction of sp³-hybridized carbons (Fsp3) is 0. The largest absolute Gasteiger partial charge is 0.351 e. The zero-order chi connectivity index (χ0) is 12.3. The summed E-state index contributed by atoms with van der Waals surface area (Å²) >= 11 is 0. The maximum absolute atomic E-state index is 12.8. The lowest BCUT2D eigenvalue weighted by Gasteiger charge is -2.05. The Labute approximate surface area is 98.1 Å². The number of carbonyl (C=O) groups is 1. The van der Waals surface area contributed by atoms with E-state index in [9.17, 15) is 9.18 Å². The van der Waals surface area contributed by atoms with E-state index in [0.29, 0.717) is 5.69 Å². The third kappa shape index (κ3) is 2.81. The van der Waals surface area contributed by atoms with E-state index in [-0.39, 0.29) is 5.82 Å². The fourth-order valence-electron chi connectivity index (χ4n) is 1.56. The lowest BCUT2D eigenvalue weighted by molar-refractivity contribution is 0.259. The number of primary amides is 1. The van der Waals surface area contributed by atoms with Gasteiger partial charge in [-0.25, -0.2) is 9.18 Å². The highest BCUT2D eigenvalue weighted by Crippen LogP contribution is 2.22. The van der Waals surface area contributed by atoms with Crippen molar-refractivity contribution in [3.8, 4) is 11.1 Å². The molecule has 0 saturated carbocycles. The Kier molecular flexibility index (Phi) is 3.05. The van der Waals surface area contributed by atoms with Gasteiger partial charge in [0, 0.05) is 5.69 Å². The number of nitrogens with one attached hydrogen (secondary N) is 1. The van der Waals surface area contributed by atoms with Crippen LogP contribution in [0.5, 0.6) is 0 Å². The molecule has 86 valence electrons. The summed E-state index contributed by atoms with van der Waals surface area (Å²) in [5.41, 5.74) is 7.40. The molecule has 2 rings (SSSR count). The van der Waals surface area contributed by atoms with Crippen LogP contribution in [0.1, 0.15) is 0 Å². The van der Waals surface area contributed by atoms with Gasteiger partial charge in [0.15, 0.2) is 0 Å². The molecule has 0 aromatic heterocycles. The van der Waals surface area contributed by atoms with Crippen molar-refractivity contribution in [2.24, 2.45) is 5.73 Å². The summed E-state index contributed by atoms with van der Waals surface area (Å²) in [5, 5.41) is 2.49. The number of rotatable bonds is 2. The molecule has 0 heterocycles. The number of hydrogen-bond acceptors (Lipinski definition) is 1. The molecular weight excluding hydrogens is 219 g/mol. The van der Waals surface area contributed by atoms with Gasteiger partial charge in [-0.1, -0.05) is 24.3 Å². The van der Waals surface area contributed by atoms with Crippen molar-refractivity contribution in [2.45, 2.75) is 0 Å². The van der Waals surface area contributed by atoms with Gasteiger partial charge in [0.05, 0.1) is 0 Å². The molecule has 0 aliphatic carbocycles. The van der Waals surface area contributed by atoms with E-state index in [1.54, 1.807) is 30.3 Å². The minimum atomic E-state index is -0.610. The van der Waals surface area contributed by atoms with Gasteiger partial charge >= 0.3 is 6.03 Å². The average Bonchev–Trinajstić information content (AvgIpc) is 2.29. The Bertz CT molecular complexity index is 537. The van der Waals surface area contributed by atoms with Gasteiger partial charge in [0.25, 0.3) is 0 Å². The zero-order valence-electron chi connectivity index (χ0n) is 8.98. The molecule has 0 atom stereocenters. The molecule has 3 N–H and O–H groups in total. The first-order chi connectivity index (χ1) is 8.15. The van der Waals surface area contributed by atoms with Crippen molar-refractivity contribution in [3.63, 3.8) is 0 Å². The summed E-state index contributed by atoms with van der Waals surface area (Å²) in [6.45, 7) is 0. The summed E-state index contributed by atoms with van der Waals surface area (Å²) < 4.78 is 12.8. The monoisotopic (exact) mass is 230 g/mol. The Morgan fingerprint density at radius 2 is 1.76 bits per heavy atom. The SMILES string of the molecule is NC(=O)Nc1cccc(-c2ccc(F)cc2)c1. The summed E-state index contributed by atoms with van der Waals surface area (Å²) in [4.78, 5) is 10.7. The predicted octanol–water partition coefficient (Wildman–Crippen LogP) is 2.98. The lowest BCUT2D eigenvalue weighted by Crippen LogP contribution is -2.19. The second kappa shape index (κ2) is 4.65. The maximum Gasteiger partial charge on any atom is 0.316 e. The van der Waals surface area contributed by atoms with E-state index in [1.165, 1.54) is 12.1 Å². The van der Waals surface area contributed by atoms with Crippen LogP contribution in [0.4, 0.5) is 14.9 Å². The van der Waals surface area contributed by atoms with Crippen molar-refractivity contribution in [1.82, 2.24) is 0 Å². The van der Waals surface area contributed by atoms with Crippen LogP contribution in [0.2, 0.25) is 0 Å². The van der Waals surface area contributed by atoms with Crippen LogP contribution < -0.4 is 11.1 Å². The van der Waals surface area contributed by atoms with Crippen LogP contribution in [0.15, 0.2) is 48.5 Å². The van der Waals surface area contributed by atoms with Crippen molar-refractivity contribution in [3.05, 3.63) is 54.3 Å². The van der Waals surface area contributed by atoms with Gasteiger partial charge in [-0.05, 0) is 35.4 Å². The number of amides is 2. The molecule has 3 nitrogen and oxygen atoms in total. The summed E-state index contributed by atoms with van der Waals surface area (Å²) in [5.74, 6) is -0.278. The quantitative estimate of drug-likeness (QED) is 0.818. The molecule has 0 unspecified atom stereocenters. The molecule has 17 heavy (non-hydrogen) atoms. The van der Waals surface area contributed by atoms with Gasteiger partial charge in [-0.3, -0.25) is 0 Å². The third-order valence-electron chi connectivity index (χ3n) is 2.31. The van der Waals surface area contributed by atoms with Gasteiger partial charge in [0.2, 0.25) is 0 Å². The lowest BCUT2D eigenvalue weighted by atomic mass is 10.1.